The molecule has 0 radical (unpaired) electrons. The summed E-state index contributed by atoms with van der Waals surface area (Å²) in [5, 5.41) is 0.118. The minimum absolute atomic E-state index is 0.118. The van der Waals surface area contributed by atoms with E-state index in [0.717, 1.165) is 29.9 Å². The Balaban J connectivity index is 1.25. The van der Waals surface area contributed by atoms with Crippen LogP contribution in [-0.2, 0) is 19.3 Å². The van der Waals surface area contributed by atoms with Crippen LogP contribution in [0.25, 0.3) is 0 Å². The highest BCUT2D eigenvalue weighted by Gasteiger charge is 2.22. The molecule has 1 fully saturated rings. The van der Waals surface area contributed by atoms with Gasteiger partial charge in [-0.05, 0) is 111 Å². The van der Waals surface area contributed by atoms with Crippen molar-refractivity contribution in [1.29, 1.82) is 0 Å². The van der Waals surface area contributed by atoms with Crippen LogP contribution in [0.2, 0.25) is 5.02 Å². The maximum atomic E-state index is 14.6. The first kappa shape index (κ1) is 23.0. The first-order chi connectivity index (χ1) is 15.5. The molecule has 0 spiro atoms. The molecule has 0 aromatic heterocycles. The predicted octanol–water partition coefficient (Wildman–Crippen LogP) is 8.62. The normalized spacial score (nSPS) is 18.6. The zero-order chi connectivity index (χ0) is 22.5. The molecule has 0 N–H and O–H groups in total. The van der Waals surface area contributed by atoms with Crippen molar-refractivity contribution in [1.82, 2.24) is 0 Å². The van der Waals surface area contributed by atoms with Crippen molar-refractivity contribution in [3.05, 3.63) is 105 Å². The van der Waals surface area contributed by atoms with Gasteiger partial charge in [0.25, 0.3) is 0 Å². The number of hydrogen-bond acceptors (Lipinski definition) is 0. The molecule has 168 valence electrons. The van der Waals surface area contributed by atoms with Crippen LogP contribution in [0.15, 0.2) is 60.7 Å². The van der Waals surface area contributed by atoms with Crippen molar-refractivity contribution in [2.45, 2.75) is 64.2 Å². The Kier molecular flexibility index (Phi) is 7.63. The zero-order valence-electron chi connectivity index (χ0n) is 18.7. The van der Waals surface area contributed by atoms with Gasteiger partial charge in [-0.15, -0.1) is 0 Å². The molecule has 0 saturated heterocycles. The Labute approximate surface area is 195 Å². The van der Waals surface area contributed by atoms with Crippen LogP contribution >= 0.6 is 11.6 Å². The lowest BCUT2D eigenvalue weighted by molar-refractivity contribution is 0.310. The molecule has 3 aromatic carbocycles. The second kappa shape index (κ2) is 10.6. The van der Waals surface area contributed by atoms with E-state index in [-0.39, 0.29) is 10.8 Å². The summed E-state index contributed by atoms with van der Waals surface area (Å²) in [5.41, 5.74) is 5.39. The summed E-state index contributed by atoms with van der Waals surface area (Å²) in [5.74, 6) is 0.852. The van der Waals surface area contributed by atoms with E-state index < -0.39 is 5.82 Å². The van der Waals surface area contributed by atoms with Crippen molar-refractivity contribution in [2.75, 3.05) is 0 Å². The molecule has 0 nitrogen and oxygen atoms in total. The summed E-state index contributed by atoms with van der Waals surface area (Å²) >= 11 is 5.73. The second-order valence-corrected chi connectivity index (χ2v) is 9.75. The zero-order valence-corrected chi connectivity index (χ0v) is 19.5. The van der Waals surface area contributed by atoms with Gasteiger partial charge in [0.05, 0.1) is 5.02 Å². The summed E-state index contributed by atoms with van der Waals surface area (Å²) in [6.07, 6.45) is 8.24. The lowest BCUT2D eigenvalue weighted by Crippen LogP contribution is -2.14. The molecular formula is C29H31ClF2. The van der Waals surface area contributed by atoms with E-state index in [4.69, 9.17) is 11.6 Å². The predicted molar refractivity (Wildman–Crippen MR) is 129 cm³/mol. The average molecular weight is 453 g/mol. The number of halogens is 3. The Bertz CT molecular complexity index is 1030. The van der Waals surface area contributed by atoms with E-state index in [1.54, 1.807) is 18.2 Å². The van der Waals surface area contributed by atoms with Gasteiger partial charge in [0.1, 0.15) is 11.6 Å². The summed E-state index contributed by atoms with van der Waals surface area (Å²) < 4.78 is 28.2. The lowest BCUT2D eigenvalue weighted by atomic mass is 9.77. The first-order valence-corrected chi connectivity index (χ1v) is 12.1. The van der Waals surface area contributed by atoms with Gasteiger partial charge in [-0.2, -0.15) is 0 Å². The second-order valence-electron chi connectivity index (χ2n) is 9.34. The van der Waals surface area contributed by atoms with Crippen LogP contribution in [0, 0.1) is 24.5 Å². The molecule has 0 heterocycles. The molecule has 1 aliphatic carbocycles. The Morgan fingerprint density at radius 2 is 1.41 bits per heavy atom. The molecular weight excluding hydrogens is 422 g/mol. The number of aryl methyl sites for hydroxylation is 4. The Morgan fingerprint density at radius 1 is 0.750 bits per heavy atom. The quantitative estimate of drug-likeness (QED) is 0.336. The maximum absolute atomic E-state index is 14.6. The van der Waals surface area contributed by atoms with Crippen molar-refractivity contribution < 1.29 is 8.78 Å². The Hall–Kier alpha value is -2.19. The van der Waals surface area contributed by atoms with Crippen LogP contribution in [0.5, 0.6) is 0 Å². The van der Waals surface area contributed by atoms with Gasteiger partial charge in [-0.25, -0.2) is 8.78 Å². The highest BCUT2D eigenvalue weighted by molar-refractivity contribution is 6.30. The van der Waals surface area contributed by atoms with Gasteiger partial charge in [0.15, 0.2) is 0 Å². The standard InChI is InChI=1S/C29H31ClF2/c1-20-2-11-24(12-3-20)25-13-6-21(7-14-25)4-5-22-8-15-26(28(31)18-22)16-9-23-10-17-27(30)29(32)19-23/h2-3,8,10-12,15,17-19,21,25H,4-7,9,13-14,16H2,1H3. The molecule has 0 bridgehead atoms. The fourth-order valence-electron chi connectivity index (χ4n) is 4.92. The van der Waals surface area contributed by atoms with Gasteiger partial charge in [-0.1, -0.05) is 59.6 Å². The van der Waals surface area contributed by atoms with Crippen LogP contribution in [0.1, 0.15) is 65.8 Å². The van der Waals surface area contributed by atoms with Crippen LogP contribution < -0.4 is 0 Å². The summed E-state index contributed by atoms with van der Waals surface area (Å²) in [6, 6.07) is 19.4. The third-order valence-corrected chi connectivity index (χ3v) is 7.33. The Morgan fingerprint density at radius 3 is 2.09 bits per heavy atom. The van der Waals surface area contributed by atoms with Gasteiger partial charge < -0.3 is 0 Å². The molecule has 0 aliphatic heterocycles. The number of benzene rings is 3. The van der Waals surface area contributed by atoms with Crippen molar-refractivity contribution >= 4 is 11.6 Å². The van der Waals surface area contributed by atoms with E-state index in [1.165, 1.54) is 42.9 Å². The highest BCUT2D eigenvalue weighted by atomic mass is 35.5. The van der Waals surface area contributed by atoms with Gasteiger partial charge in [0.2, 0.25) is 0 Å². The van der Waals surface area contributed by atoms with E-state index in [2.05, 4.69) is 37.3 Å². The molecule has 1 aliphatic rings. The van der Waals surface area contributed by atoms with E-state index >= 15 is 0 Å². The first-order valence-electron chi connectivity index (χ1n) is 11.8. The summed E-state index contributed by atoms with van der Waals surface area (Å²) in [7, 11) is 0. The fourth-order valence-corrected chi connectivity index (χ4v) is 5.03. The molecule has 3 heteroatoms. The minimum atomic E-state index is -0.423. The number of hydrogen-bond donors (Lipinski definition) is 0. The maximum Gasteiger partial charge on any atom is 0.142 e. The molecule has 3 aromatic rings. The topological polar surface area (TPSA) is 0 Å². The van der Waals surface area contributed by atoms with Gasteiger partial charge in [0, 0.05) is 0 Å². The monoisotopic (exact) mass is 452 g/mol. The largest absolute Gasteiger partial charge is 0.207 e. The van der Waals surface area contributed by atoms with Crippen molar-refractivity contribution in [3.63, 3.8) is 0 Å². The van der Waals surface area contributed by atoms with Crippen LogP contribution in [-0.4, -0.2) is 0 Å². The third-order valence-electron chi connectivity index (χ3n) is 7.02. The molecule has 0 amide bonds. The van der Waals surface area contributed by atoms with E-state index in [0.29, 0.717) is 24.3 Å². The van der Waals surface area contributed by atoms with E-state index in [9.17, 15) is 8.78 Å². The average Bonchev–Trinajstić information content (AvgIpc) is 2.80. The smallest absolute Gasteiger partial charge is 0.142 e. The number of rotatable bonds is 7. The third kappa shape index (κ3) is 5.98. The van der Waals surface area contributed by atoms with Crippen molar-refractivity contribution in [3.8, 4) is 0 Å². The molecule has 4 rings (SSSR count). The minimum Gasteiger partial charge on any atom is -0.207 e. The fraction of sp³-hybridized carbons (Fsp3) is 0.379. The molecule has 1 saturated carbocycles. The van der Waals surface area contributed by atoms with Gasteiger partial charge >= 0.3 is 0 Å². The van der Waals surface area contributed by atoms with Crippen LogP contribution in [0.4, 0.5) is 8.78 Å². The van der Waals surface area contributed by atoms with Crippen LogP contribution in [0.3, 0.4) is 0 Å². The van der Waals surface area contributed by atoms with Crippen molar-refractivity contribution in [2.24, 2.45) is 5.92 Å². The summed E-state index contributed by atoms with van der Waals surface area (Å²) in [4.78, 5) is 0. The van der Waals surface area contributed by atoms with E-state index in [1.807, 2.05) is 6.07 Å². The molecule has 0 atom stereocenters. The lowest BCUT2D eigenvalue weighted by Gasteiger charge is -2.29. The SMILES string of the molecule is Cc1ccc(C2CCC(CCc3ccc(CCc4ccc(Cl)c(F)c4)c(F)c3)CC2)cc1. The molecule has 32 heavy (non-hydrogen) atoms. The van der Waals surface area contributed by atoms with Gasteiger partial charge in [-0.3, -0.25) is 0 Å². The summed E-state index contributed by atoms with van der Waals surface area (Å²) in [6.45, 7) is 2.14. The molecule has 0 unspecified atom stereocenters. The highest BCUT2D eigenvalue weighted by Crippen LogP contribution is 2.37.